The predicted octanol–water partition coefficient (Wildman–Crippen LogP) is 7.54. The van der Waals surface area contributed by atoms with Gasteiger partial charge in [-0.2, -0.15) is 24.9 Å². The van der Waals surface area contributed by atoms with Crippen LogP contribution in [-0.4, -0.2) is 40.1 Å². The lowest BCUT2D eigenvalue weighted by Crippen LogP contribution is -2.21. The van der Waals surface area contributed by atoms with Crippen LogP contribution in [0.3, 0.4) is 0 Å². The van der Waals surface area contributed by atoms with E-state index in [-0.39, 0.29) is 5.75 Å². The first kappa shape index (κ1) is 30.9. The smallest absolute Gasteiger partial charge is 0.416 e. The van der Waals surface area contributed by atoms with Gasteiger partial charge in [0.2, 0.25) is 0 Å². The third kappa shape index (κ3) is 10.6. The molecule has 0 aliphatic heterocycles. The summed E-state index contributed by atoms with van der Waals surface area (Å²) in [5, 5.41) is 17.2. The molecular weight excluding hydrogens is 487 g/mol. The average Bonchev–Trinajstić information content (AvgIpc) is 3.06. The Labute approximate surface area is 215 Å². The molecule has 0 spiro atoms. The van der Waals surface area contributed by atoms with Crippen molar-refractivity contribution in [3.8, 4) is 5.75 Å². The zero-order chi connectivity index (χ0) is 27.3. The van der Waals surface area contributed by atoms with Crippen molar-refractivity contribution in [3.05, 3.63) is 94.7 Å². The van der Waals surface area contributed by atoms with Crippen LogP contribution in [0.15, 0.2) is 72.5 Å². The molecule has 2 N–H and O–H groups in total. The van der Waals surface area contributed by atoms with Gasteiger partial charge in [0.15, 0.2) is 0 Å². The van der Waals surface area contributed by atoms with Crippen molar-refractivity contribution in [3.63, 3.8) is 0 Å². The van der Waals surface area contributed by atoms with Crippen molar-refractivity contribution >= 4 is 23.3 Å². The zero-order valence-corrected chi connectivity index (χ0v) is 22.1. The first-order valence-corrected chi connectivity index (χ1v) is 12.9. The molecule has 0 heterocycles. The van der Waals surface area contributed by atoms with E-state index in [0.29, 0.717) is 6.54 Å². The molecule has 1 aliphatic rings. The number of alkyl halides is 3. The number of carboxylic acids is 1. The molecule has 36 heavy (non-hydrogen) atoms. The number of carboxylic acid groups (broad SMARTS) is 1. The molecule has 8 heteroatoms. The molecule has 1 aliphatic carbocycles. The summed E-state index contributed by atoms with van der Waals surface area (Å²) in [5.74, 6) is -0.556. The lowest BCUT2D eigenvalue weighted by Gasteiger charge is -2.25. The third-order valence-electron chi connectivity index (χ3n) is 4.99. The Bertz CT molecular complexity index is 1070. The van der Waals surface area contributed by atoms with Crippen LogP contribution in [-0.2, 0) is 17.5 Å². The van der Waals surface area contributed by atoms with Crippen molar-refractivity contribution in [2.45, 2.75) is 39.9 Å². The Balaban J connectivity index is 0.000000825. The summed E-state index contributed by atoms with van der Waals surface area (Å²) in [5.41, 5.74) is 3.92. The average molecular weight is 522 g/mol. The Morgan fingerprint density at radius 2 is 1.69 bits per heavy atom. The van der Waals surface area contributed by atoms with Crippen LogP contribution in [0.2, 0.25) is 0 Å². The van der Waals surface area contributed by atoms with E-state index < -0.39 is 17.7 Å². The van der Waals surface area contributed by atoms with Gasteiger partial charge < -0.3 is 15.1 Å². The van der Waals surface area contributed by atoms with Gasteiger partial charge in [-0.1, -0.05) is 42.5 Å². The highest BCUT2D eigenvalue weighted by atomic mass is 32.2. The van der Waals surface area contributed by atoms with Crippen molar-refractivity contribution < 1.29 is 28.2 Å². The van der Waals surface area contributed by atoms with Crippen LogP contribution in [0.5, 0.6) is 5.75 Å². The van der Waals surface area contributed by atoms with Gasteiger partial charge in [-0.15, -0.1) is 0 Å². The second kappa shape index (κ2) is 15.1. The van der Waals surface area contributed by atoms with Crippen LogP contribution < -0.4 is 0 Å². The predicted molar refractivity (Wildman–Crippen MR) is 143 cm³/mol. The second-order valence-electron chi connectivity index (χ2n) is 8.00. The standard InChI is InChI=1S/C24H24F3NO.C2H4O2.C2H6S/c1-3-28(16-18-8-13-23(29)17(2)14-18)22-7-5-4-6-20(15-22)19-9-11-21(12-10-19)24(25,26)27;1-2(3)4;1-3-2/h4,6-15,29H,3,5,16H2,1-2H3;1H3,(H,3,4);1-2H3. The highest BCUT2D eigenvalue weighted by Crippen LogP contribution is 2.31. The number of likely N-dealkylation sites (N-methyl/N-ethyl adjacent to an activating group) is 1. The fourth-order valence-corrected chi connectivity index (χ4v) is 3.32. The summed E-state index contributed by atoms with van der Waals surface area (Å²) in [6.45, 7) is 6.48. The molecule has 4 nitrogen and oxygen atoms in total. The van der Waals surface area contributed by atoms with Crippen LogP contribution in [0.1, 0.15) is 42.5 Å². The molecule has 0 saturated heterocycles. The largest absolute Gasteiger partial charge is 0.508 e. The van der Waals surface area contributed by atoms with Gasteiger partial charge in [-0.05, 0) is 79.3 Å². The quantitative estimate of drug-likeness (QED) is 0.426. The number of aromatic hydroxyl groups is 1. The van der Waals surface area contributed by atoms with Gasteiger partial charge in [-0.3, -0.25) is 4.79 Å². The van der Waals surface area contributed by atoms with Crippen LogP contribution in [0, 0.1) is 6.92 Å². The monoisotopic (exact) mass is 521 g/mol. The van der Waals surface area contributed by atoms with E-state index >= 15 is 0 Å². The number of carbonyl (C=O) groups is 1. The van der Waals surface area contributed by atoms with Crippen molar-refractivity contribution in [1.82, 2.24) is 4.90 Å². The lowest BCUT2D eigenvalue weighted by atomic mass is 10.0. The Kier molecular flexibility index (Phi) is 12.9. The fraction of sp³-hybridized carbons (Fsp3) is 0.321. The number of rotatable bonds is 5. The number of phenols is 1. The van der Waals surface area contributed by atoms with Crippen LogP contribution in [0.25, 0.3) is 5.57 Å². The number of hydrogen-bond acceptors (Lipinski definition) is 4. The van der Waals surface area contributed by atoms with Gasteiger partial charge in [0.05, 0.1) is 5.56 Å². The fourth-order valence-electron chi connectivity index (χ4n) is 3.32. The Morgan fingerprint density at radius 1 is 1.11 bits per heavy atom. The third-order valence-corrected chi connectivity index (χ3v) is 4.99. The van der Waals surface area contributed by atoms with Crippen molar-refractivity contribution in [1.29, 1.82) is 0 Å². The van der Waals surface area contributed by atoms with E-state index in [1.807, 2.05) is 49.8 Å². The summed E-state index contributed by atoms with van der Waals surface area (Å²) >= 11 is 1.75. The number of halogens is 3. The molecule has 3 rings (SSSR count). The molecule has 2 aromatic carbocycles. The number of allylic oxidation sites excluding steroid dienone is 5. The number of phenolic OH excluding ortho intramolecular Hbond substituents is 1. The molecule has 0 saturated carbocycles. The first-order chi connectivity index (χ1) is 16.9. The van der Waals surface area contributed by atoms with E-state index in [0.717, 1.165) is 60.0 Å². The number of aliphatic carboxylic acids is 1. The van der Waals surface area contributed by atoms with E-state index in [2.05, 4.69) is 17.9 Å². The Hall–Kier alpha value is -3.13. The molecule has 0 fully saturated rings. The number of aryl methyl sites for hydroxylation is 1. The minimum Gasteiger partial charge on any atom is -0.508 e. The lowest BCUT2D eigenvalue weighted by molar-refractivity contribution is -0.137. The van der Waals surface area contributed by atoms with Gasteiger partial charge >= 0.3 is 6.18 Å². The number of thioether (sulfide) groups is 1. The first-order valence-electron chi connectivity index (χ1n) is 11.3. The van der Waals surface area contributed by atoms with Gasteiger partial charge in [0, 0.05) is 25.7 Å². The van der Waals surface area contributed by atoms with Crippen molar-refractivity contribution in [2.24, 2.45) is 0 Å². The minimum atomic E-state index is -4.33. The molecular formula is C28H34F3NO3S. The number of hydrogen-bond donors (Lipinski definition) is 2. The normalized spacial score (nSPS) is 12.7. The summed E-state index contributed by atoms with van der Waals surface area (Å²) in [4.78, 5) is 11.2. The van der Waals surface area contributed by atoms with Gasteiger partial charge in [0.25, 0.3) is 5.97 Å². The molecule has 0 aromatic heterocycles. The molecule has 0 atom stereocenters. The van der Waals surface area contributed by atoms with Crippen molar-refractivity contribution in [2.75, 3.05) is 19.1 Å². The van der Waals surface area contributed by atoms with Crippen LogP contribution >= 0.6 is 11.8 Å². The maximum atomic E-state index is 12.8. The van der Waals surface area contributed by atoms with E-state index in [9.17, 15) is 18.3 Å². The van der Waals surface area contributed by atoms with Crippen LogP contribution in [0.4, 0.5) is 13.2 Å². The SMILES string of the molecule is CC(=O)O.CCN(Cc1ccc(O)c(C)c1)C1=CCC=CC(c2ccc(C(F)(F)F)cc2)=C1.CSC. The summed E-state index contributed by atoms with van der Waals surface area (Å²) in [6.07, 6.45) is 8.59. The molecule has 2 aromatic rings. The van der Waals surface area contributed by atoms with E-state index in [1.165, 1.54) is 12.1 Å². The highest BCUT2D eigenvalue weighted by molar-refractivity contribution is 7.97. The minimum absolute atomic E-state index is 0.277. The Morgan fingerprint density at radius 3 is 2.19 bits per heavy atom. The topological polar surface area (TPSA) is 60.8 Å². The summed E-state index contributed by atoms with van der Waals surface area (Å²) in [6, 6.07) is 10.8. The van der Waals surface area contributed by atoms with Gasteiger partial charge in [0.1, 0.15) is 5.75 Å². The maximum absolute atomic E-state index is 12.8. The molecule has 0 amide bonds. The maximum Gasteiger partial charge on any atom is 0.416 e. The number of benzene rings is 2. The van der Waals surface area contributed by atoms with E-state index in [4.69, 9.17) is 9.90 Å². The van der Waals surface area contributed by atoms with Gasteiger partial charge in [-0.25, -0.2) is 0 Å². The number of nitrogens with zero attached hydrogens (tertiary/aromatic N) is 1. The molecule has 0 unspecified atom stereocenters. The summed E-state index contributed by atoms with van der Waals surface area (Å²) in [7, 11) is 0. The molecule has 196 valence electrons. The summed E-state index contributed by atoms with van der Waals surface area (Å²) < 4.78 is 38.5. The highest BCUT2D eigenvalue weighted by Gasteiger charge is 2.30. The zero-order valence-electron chi connectivity index (χ0n) is 21.3. The molecule has 0 bridgehead atoms. The second-order valence-corrected chi connectivity index (χ2v) is 8.82. The molecule has 0 radical (unpaired) electrons. The van der Waals surface area contributed by atoms with E-state index in [1.54, 1.807) is 17.8 Å².